The van der Waals surface area contributed by atoms with Gasteiger partial charge >= 0.3 is 0 Å². The van der Waals surface area contributed by atoms with Crippen molar-refractivity contribution >= 4 is 27.5 Å². The van der Waals surface area contributed by atoms with Gasteiger partial charge in [0.05, 0.1) is 5.02 Å². The zero-order chi connectivity index (χ0) is 14.8. The molecule has 2 aromatic rings. The Bertz CT molecular complexity index is 655. The van der Waals surface area contributed by atoms with Crippen molar-refractivity contribution in [2.45, 2.75) is 32.4 Å². The van der Waals surface area contributed by atoms with Crippen LogP contribution in [0, 0.1) is 6.92 Å². The van der Waals surface area contributed by atoms with Crippen LogP contribution in [0.25, 0.3) is 0 Å². The molecule has 1 N–H and O–H groups in total. The predicted octanol–water partition coefficient (Wildman–Crippen LogP) is 5.46. The lowest BCUT2D eigenvalue weighted by molar-refractivity contribution is 0.478. The van der Waals surface area contributed by atoms with Gasteiger partial charge in [0.2, 0.25) is 0 Å². The Morgan fingerprint density at radius 1 is 1.19 bits per heavy atom. The molecule has 1 fully saturated rings. The zero-order valence-electron chi connectivity index (χ0n) is 11.8. The number of ether oxygens (including phenoxy) is 1. The first-order valence-corrected chi connectivity index (χ1v) is 8.25. The number of aryl methyl sites for hydroxylation is 1. The summed E-state index contributed by atoms with van der Waals surface area (Å²) in [6, 6.07) is 12.6. The molecule has 1 aliphatic carbocycles. The molecule has 0 aromatic heterocycles. The minimum atomic E-state index is 0.600. The second-order valence-corrected chi connectivity index (χ2v) is 6.75. The molecule has 0 amide bonds. The fourth-order valence-electron chi connectivity index (χ4n) is 2.16. The monoisotopic (exact) mass is 365 g/mol. The molecule has 21 heavy (non-hydrogen) atoms. The molecule has 2 aromatic carbocycles. The topological polar surface area (TPSA) is 21.3 Å². The first-order valence-electron chi connectivity index (χ1n) is 7.07. The molecule has 0 aliphatic heterocycles. The quantitative estimate of drug-likeness (QED) is 0.759. The molecule has 0 radical (unpaired) electrons. The Kier molecular flexibility index (Phi) is 4.53. The highest BCUT2D eigenvalue weighted by atomic mass is 79.9. The van der Waals surface area contributed by atoms with Crippen LogP contribution in [0.2, 0.25) is 5.02 Å². The van der Waals surface area contributed by atoms with Gasteiger partial charge in [0.1, 0.15) is 11.5 Å². The van der Waals surface area contributed by atoms with Gasteiger partial charge in [0, 0.05) is 17.1 Å². The van der Waals surface area contributed by atoms with Crippen LogP contribution in [-0.4, -0.2) is 6.04 Å². The summed E-state index contributed by atoms with van der Waals surface area (Å²) >= 11 is 9.58. The average molecular weight is 367 g/mol. The van der Waals surface area contributed by atoms with Crippen LogP contribution in [0.3, 0.4) is 0 Å². The fraction of sp³-hybridized carbons (Fsp3) is 0.294. The van der Waals surface area contributed by atoms with E-state index in [9.17, 15) is 0 Å². The summed E-state index contributed by atoms with van der Waals surface area (Å²) in [6.45, 7) is 2.98. The highest BCUT2D eigenvalue weighted by molar-refractivity contribution is 9.10. The van der Waals surface area contributed by atoms with Crippen LogP contribution < -0.4 is 10.1 Å². The van der Waals surface area contributed by atoms with Gasteiger partial charge in [-0.15, -0.1) is 0 Å². The van der Waals surface area contributed by atoms with Gasteiger partial charge in [-0.3, -0.25) is 0 Å². The van der Waals surface area contributed by atoms with Crippen molar-refractivity contribution in [2.75, 3.05) is 0 Å². The van der Waals surface area contributed by atoms with Crippen LogP contribution in [0.1, 0.15) is 24.0 Å². The van der Waals surface area contributed by atoms with E-state index in [1.807, 2.05) is 24.3 Å². The summed E-state index contributed by atoms with van der Waals surface area (Å²) < 4.78 is 6.86. The second-order valence-electron chi connectivity index (χ2n) is 5.43. The van der Waals surface area contributed by atoms with E-state index in [-0.39, 0.29) is 0 Å². The van der Waals surface area contributed by atoms with Gasteiger partial charge in [-0.1, -0.05) is 39.7 Å². The van der Waals surface area contributed by atoms with Crippen LogP contribution >= 0.6 is 27.5 Å². The maximum atomic E-state index is 6.19. The lowest BCUT2D eigenvalue weighted by Gasteiger charge is -2.12. The molecule has 3 rings (SSSR count). The lowest BCUT2D eigenvalue weighted by Crippen LogP contribution is -2.15. The number of hydrogen-bond acceptors (Lipinski definition) is 2. The zero-order valence-corrected chi connectivity index (χ0v) is 14.2. The smallest absolute Gasteiger partial charge is 0.146 e. The molecule has 0 bridgehead atoms. The average Bonchev–Trinajstić information content (AvgIpc) is 3.26. The molecular weight excluding hydrogens is 350 g/mol. The van der Waals surface area contributed by atoms with Gasteiger partial charge in [-0.05, 0) is 55.2 Å². The SMILES string of the molecule is Cc1cc(CNC2CC2)ccc1Oc1ccc(Br)cc1Cl. The van der Waals surface area contributed by atoms with Gasteiger partial charge in [-0.2, -0.15) is 0 Å². The minimum Gasteiger partial charge on any atom is -0.456 e. The molecule has 4 heteroatoms. The minimum absolute atomic E-state index is 0.600. The Morgan fingerprint density at radius 3 is 2.62 bits per heavy atom. The molecule has 0 heterocycles. The summed E-state index contributed by atoms with van der Waals surface area (Å²) in [5, 5.41) is 4.12. The van der Waals surface area contributed by atoms with Gasteiger partial charge in [0.15, 0.2) is 0 Å². The van der Waals surface area contributed by atoms with Crippen LogP contribution in [-0.2, 0) is 6.54 Å². The molecular formula is C17H17BrClNO. The van der Waals surface area contributed by atoms with Crippen molar-refractivity contribution in [1.82, 2.24) is 5.32 Å². The summed E-state index contributed by atoms with van der Waals surface area (Å²) in [5.41, 5.74) is 2.40. The maximum absolute atomic E-state index is 6.19. The Hall–Kier alpha value is -1.03. The molecule has 0 spiro atoms. The Morgan fingerprint density at radius 2 is 1.95 bits per heavy atom. The Balaban J connectivity index is 1.72. The maximum Gasteiger partial charge on any atom is 0.146 e. The first kappa shape index (κ1) is 14.9. The van der Waals surface area contributed by atoms with Crippen LogP contribution in [0.15, 0.2) is 40.9 Å². The Labute approximate surface area is 138 Å². The number of halogens is 2. The van der Waals surface area contributed by atoms with E-state index >= 15 is 0 Å². The molecule has 0 unspecified atom stereocenters. The van der Waals surface area contributed by atoms with Crippen molar-refractivity contribution in [2.24, 2.45) is 0 Å². The number of hydrogen-bond donors (Lipinski definition) is 1. The third-order valence-corrected chi connectivity index (χ3v) is 4.31. The predicted molar refractivity (Wildman–Crippen MR) is 90.3 cm³/mol. The number of rotatable bonds is 5. The van der Waals surface area contributed by atoms with Gasteiger partial charge in [-0.25, -0.2) is 0 Å². The van der Waals surface area contributed by atoms with E-state index in [0.29, 0.717) is 10.8 Å². The highest BCUT2D eigenvalue weighted by Crippen LogP contribution is 2.33. The normalized spacial score (nSPS) is 14.2. The standard InChI is InChI=1S/C17H17BrClNO/c1-11-8-12(10-20-14-4-5-14)2-6-16(11)21-17-7-3-13(18)9-15(17)19/h2-3,6-9,14,20H,4-5,10H2,1H3. The van der Waals surface area contributed by atoms with E-state index < -0.39 is 0 Å². The summed E-state index contributed by atoms with van der Waals surface area (Å²) in [6.07, 6.45) is 2.62. The van der Waals surface area contributed by atoms with Crippen molar-refractivity contribution < 1.29 is 4.74 Å². The summed E-state index contributed by atoms with van der Waals surface area (Å²) in [5.74, 6) is 1.52. The highest BCUT2D eigenvalue weighted by Gasteiger charge is 2.20. The van der Waals surface area contributed by atoms with Crippen molar-refractivity contribution in [3.63, 3.8) is 0 Å². The first-order chi connectivity index (χ1) is 10.1. The fourth-order valence-corrected chi connectivity index (χ4v) is 2.87. The van der Waals surface area contributed by atoms with E-state index in [1.54, 1.807) is 0 Å². The molecule has 1 aliphatic rings. The van der Waals surface area contributed by atoms with E-state index in [4.69, 9.17) is 16.3 Å². The third-order valence-electron chi connectivity index (χ3n) is 3.53. The molecule has 0 saturated heterocycles. The van der Waals surface area contributed by atoms with Crippen molar-refractivity contribution in [3.8, 4) is 11.5 Å². The van der Waals surface area contributed by atoms with Crippen molar-refractivity contribution in [1.29, 1.82) is 0 Å². The van der Waals surface area contributed by atoms with Gasteiger partial charge in [0.25, 0.3) is 0 Å². The van der Waals surface area contributed by atoms with Crippen LogP contribution in [0.4, 0.5) is 0 Å². The molecule has 2 nitrogen and oxygen atoms in total. The summed E-state index contributed by atoms with van der Waals surface area (Å²) in [7, 11) is 0. The summed E-state index contributed by atoms with van der Waals surface area (Å²) in [4.78, 5) is 0. The molecule has 110 valence electrons. The largest absolute Gasteiger partial charge is 0.456 e. The van der Waals surface area contributed by atoms with Crippen molar-refractivity contribution in [3.05, 3.63) is 57.0 Å². The molecule has 1 saturated carbocycles. The lowest BCUT2D eigenvalue weighted by atomic mass is 10.1. The van der Waals surface area contributed by atoms with E-state index in [1.165, 1.54) is 18.4 Å². The van der Waals surface area contributed by atoms with Gasteiger partial charge < -0.3 is 10.1 Å². The second kappa shape index (κ2) is 6.39. The van der Waals surface area contributed by atoms with E-state index in [2.05, 4.69) is 40.3 Å². The number of benzene rings is 2. The number of nitrogens with one attached hydrogen (secondary N) is 1. The third kappa shape index (κ3) is 4.00. The molecule has 0 atom stereocenters. The van der Waals surface area contributed by atoms with Crippen LogP contribution in [0.5, 0.6) is 11.5 Å². The van der Waals surface area contributed by atoms with E-state index in [0.717, 1.165) is 28.4 Å².